The Labute approximate surface area is 292 Å². The average molecular weight is 709 g/mol. The second-order valence-electron chi connectivity index (χ2n) is 12.1. The van der Waals surface area contributed by atoms with Gasteiger partial charge in [0.2, 0.25) is 5.88 Å². The van der Waals surface area contributed by atoms with E-state index in [9.17, 15) is 22.8 Å². The van der Waals surface area contributed by atoms with E-state index in [2.05, 4.69) is 27.1 Å². The van der Waals surface area contributed by atoms with Crippen molar-refractivity contribution in [3.8, 4) is 17.4 Å². The molecule has 50 heavy (non-hydrogen) atoms. The second-order valence-corrected chi connectivity index (χ2v) is 12.5. The number of rotatable bonds is 10. The number of hydrogen-bond donors (Lipinski definition) is 1. The maximum absolute atomic E-state index is 14.2. The molecule has 1 N–H and O–H groups in total. The lowest BCUT2D eigenvalue weighted by molar-refractivity contribution is -0.138. The number of ketones is 1. The molecule has 10 nitrogen and oxygen atoms in total. The molecule has 1 amide bonds. The quantitative estimate of drug-likeness (QED) is 0.188. The van der Waals surface area contributed by atoms with Gasteiger partial charge in [-0.15, -0.1) is 0 Å². The lowest BCUT2D eigenvalue weighted by Crippen LogP contribution is -2.45. The van der Waals surface area contributed by atoms with Crippen LogP contribution in [0, 0.1) is 0 Å². The number of fused-ring (bicyclic) bond motifs is 1. The van der Waals surface area contributed by atoms with Gasteiger partial charge in [-0.2, -0.15) is 13.2 Å². The molecule has 0 unspecified atom stereocenters. The van der Waals surface area contributed by atoms with Gasteiger partial charge >= 0.3 is 6.18 Å². The minimum atomic E-state index is -4.61. The van der Waals surface area contributed by atoms with Crippen molar-refractivity contribution in [3.63, 3.8) is 0 Å². The largest absolute Gasteiger partial charge is 0.497 e. The van der Waals surface area contributed by atoms with E-state index >= 15 is 0 Å². The summed E-state index contributed by atoms with van der Waals surface area (Å²) in [5, 5.41) is 2.70. The number of halogens is 4. The molecule has 0 radical (unpaired) electrons. The Bertz CT molecular complexity index is 1870. The standard InChI is InChI=1S/C36H36ClF3N6O4/c1-3-44-14-16-45(17-15-44)21-25-6-8-26(19-28(25)36(38,39)40)43-34(48)24-7-11-29(37)31(18-24)50-35-32-30(47)12-13-46(33(32)41-22-42-35)20-23-4-9-27(49-2)10-5-23/h4-11,18-19,22H,3,12-17,20-21H2,1-2H3,(H,43,48). The Morgan fingerprint density at radius 3 is 2.38 bits per heavy atom. The minimum Gasteiger partial charge on any atom is -0.497 e. The molecule has 3 heterocycles. The van der Waals surface area contributed by atoms with Crippen molar-refractivity contribution in [2.45, 2.75) is 32.6 Å². The van der Waals surface area contributed by atoms with Crippen molar-refractivity contribution in [1.29, 1.82) is 0 Å². The molecular formula is C36H36ClF3N6O4. The normalized spacial score (nSPS) is 15.5. The van der Waals surface area contributed by atoms with Crippen molar-refractivity contribution in [1.82, 2.24) is 19.8 Å². The summed E-state index contributed by atoms with van der Waals surface area (Å²) in [6.07, 6.45) is -3.12. The predicted molar refractivity (Wildman–Crippen MR) is 183 cm³/mol. The van der Waals surface area contributed by atoms with Crippen LogP contribution in [0.4, 0.5) is 24.7 Å². The maximum Gasteiger partial charge on any atom is 0.416 e. The van der Waals surface area contributed by atoms with Crippen LogP contribution >= 0.6 is 11.6 Å². The number of amides is 1. The van der Waals surface area contributed by atoms with Crippen molar-refractivity contribution < 1.29 is 32.2 Å². The Morgan fingerprint density at radius 2 is 1.68 bits per heavy atom. The number of alkyl halides is 3. The molecule has 1 fully saturated rings. The van der Waals surface area contributed by atoms with Crippen LogP contribution in [0.2, 0.25) is 5.02 Å². The van der Waals surface area contributed by atoms with Crippen molar-refractivity contribution in [3.05, 3.63) is 99.8 Å². The topological polar surface area (TPSA) is 100 Å². The molecule has 0 aliphatic carbocycles. The lowest BCUT2D eigenvalue weighted by atomic mass is 10.0. The van der Waals surface area contributed by atoms with E-state index < -0.39 is 17.6 Å². The van der Waals surface area contributed by atoms with Crippen molar-refractivity contribution in [2.75, 3.05) is 56.6 Å². The van der Waals surface area contributed by atoms with Crippen LogP contribution in [0.1, 0.15) is 50.8 Å². The van der Waals surface area contributed by atoms with E-state index in [-0.39, 0.29) is 57.8 Å². The molecule has 0 atom stereocenters. The highest BCUT2D eigenvalue weighted by Crippen LogP contribution is 2.38. The number of nitrogens with zero attached hydrogens (tertiary/aromatic N) is 5. The number of carbonyl (C=O) groups is 2. The van der Waals surface area contributed by atoms with Crippen LogP contribution in [0.25, 0.3) is 0 Å². The molecule has 2 aliphatic heterocycles. The predicted octanol–water partition coefficient (Wildman–Crippen LogP) is 6.93. The minimum absolute atomic E-state index is 0.00767. The SMILES string of the molecule is CCN1CCN(Cc2ccc(NC(=O)c3ccc(Cl)c(Oc4ncnc5c4C(=O)CCN5Cc4ccc(OC)cc4)c3)cc2C(F)(F)F)CC1. The molecule has 0 spiro atoms. The average Bonchev–Trinajstić information content (AvgIpc) is 3.11. The van der Waals surface area contributed by atoms with Gasteiger partial charge in [0.25, 0.3) is 5.91 Å². The Balaban J connectivity index is 1.19. The van der Waals surface area contributed by atoms with Gasteiger partial charge in [-0.3, -0.25) is 14.5 Å². The van der Waals surface area contributed by atoms with Crippen LogP contribution < -0.4 is 19.7 Å². The third kappa shape index (κ3) is 8.01. The lowest BCUT2D eigenvalue weighted by Gasteiger charge is -2.34. The fourth-order valence-corrected chi connectivity index (χ4v) is 6.24. The highest BCUT2D eigenvalue weighted by Gasteiger charge is 2.35. The van der Waals surface area contributed by atoms with Crippen LogP contribution in [-0.2, 0) is 19.3 Å². The first-order chi connectivity index (χ1) is 24.0. The van der Waals surface area contributed by atoms with Gasteiger partial charge in [0, 0.05) is 63.5 Å². The zero-order chi connectivity index (χ0) is 35.4. The molecule has 2 aliphatic rings. The summed E-state index contributed by atoms with van der Waals surface area (Å²) >= 11 is 6.44. The van der Waals surface area contributed by atoms with Gasteiger partial charge in [0.15, 0.2) is 5.78 Å². The number of piperazine rings is 1. The van der Waals surface area contributed by atoms with Gasteiger partial charge in [0.05, 0.1) is 17.7 Å². The van der Waals surface area contributed by atoms with E-state index in [1.807, 2.05) is 34.1 Å². The molecule has 1 aromatic heterocycles. The van der Waals surface area contributed by atoms with Crippen molar-refractivity contribution >= 4 is 34.8 Å². The highest BCUT2D eigenvalue weighted by atomic mass is 35.5. The summed E-state index contributed by atoms with van der Waals surface area (Å²) in [4.78, 5) is 41.2. The third-order valence-electron chi connectivity index (χ3n) is 8.89. The molecule has 0 bridgehead atoms. The Hall–Kier alpha value is -4.72. The number of carbonyl (C=O) groups excluding carboxylic acids is 2. The smallest absolute Gasteiger partial charge is 0.416 e. The first kappa shape index (κ1) is 35.1. The molecule has 262 valence electrons. The van der Waals surface area contributed by atoms with Crippen LogP contribution in [0.5, 0.6) is 17.4 Å². The number of benzene rings is 3. The second kappa shape index (κ2) is 15.0. The molecule has 0 saturated carbocycles. The molecule has 3 aromatic carbocycles. The summed E-state index contributed by atoms with van der Waals surface area (Å²) in [5.41, 5.74) is 0.583. The number of ether oxygens (including phenoxy) is 2. The fourth-order valence-electron chi connectivity index (χ4n) is 6.09. The highest BCUT2D eigenvalue weighted by molar-refractivity contribution is 6.32. The van der Waals surface area contributed by atoms with Gasteiger partial charge in [0.1, 0.15) is 29.2 Å². The number of anilines is 2. The van der Waals surface area contributed by atoms with Gasteiger partial charge < -0.3 is 24.6 Å². The summed E-state index contributed by atoms with van der Waals surface area (Å²) in [6, 6.07) is 15.6. The van der Waals surface area contributed by atoms with Gasteiger partial charge in [-0.1, -0.05) is 36.7 Å². The Kier molecular flexibility index (Phi) is 10.6. The summed E-state index contributed by atoms with van der Waals surface area (Å²) in [7, 11) is 1.59. The van der Waals surface area contributed by atoms with E-state index in [0.29, 0.717) is 32.0 Å². The number of hydrogen-bond acceptors (Lipinski definition) is 9. The Morgan fingerprint density at radius 1 is 0.940 bits per heavy atom. The third-order valence-corrected chi connectivity index (χ3v) is 9.20. The number of Topliss-reactive ketones (excluding diaryl/α,β-unsaturated/α-hetero) is 1. The monoisotopic (exact) mass is 708 g/mol. The van der Waals surface area contributed by atoms with Crippen LogP contribution in [0.15, 0.2) is 67.0 Å². The molecular weight excluding hydrogens is 673 g/mol. The summed E-state index contributed by atoms with van der Waals surface area (Å²) in [6.45, 7) is 7.01. The van der Waals surface area contributed by atoms with Crippen LogP contribution in [-0.4, -0.2) is 77.8 Å². The zero-order valence-corrected chi connectivity index (χ0v) is 28.4. The van der Waals surface area contributed by atoms with Gasteiger partial charge in [-0.05, 0) is 60.1 Å². The number of aromatic nitrogens is 2. The van der Waals surface area contributed by atoms with E-state index in [1.165, 1.54) is 36.7 Å². The zero-order valence-electron chi connectivity index (χ0n) is 27.6. The summed E-state index contributed by atoms with van der Waals surface area (Å²) in [5.74, 6) is 0.257. The van der Waals surface area contributed by atoms with E-state index in [0.717, 1.165) is 37.0 Å². The number of methoxy groups -OCH3 is 1. The summed E-state index contributed by atoms with van der Waals surface area (Å²) < 4.78 is 53.8. The molecule has 6 rings (SSSR count). The van der Waals surface area contributed by atoms with Gasteiger partial charge in [-0.25, -0.2) is 9.97 Å². The van der Waals surface area contributed by atoms with E-state index in [1.54, 1.807) is 7.11 Å². The number of nitrogens with one attached hydrogen (secondary N) is 1. The van der Waals surface area contributed by atoms with E-state index in [4.69, 9.17) is 21.1 Å². The molecule has 14 heteroatoms. The first-order valence-corrected chi connectivity index (χ1v) is 16.6. The maximum atomic E-state index is 14.2. The molecule has 1 saturated heterocycles. The van der Waals surface area contributed by atoms with Crippen LogP contribution in [0.3, 0.4) is 0 Å². The molecule has 4 aromatic rings. The fraction of sp³-hybridized carbons (Fsp3) is 0.333. The number of likely N-dealkylation sites (N-methyl/N-ethyl adjacent to an activating group) is 1. The van der Waals surface area contributed by atoms with Crippen molar-refractivity contribution in [2.24, 2.45) is 0 Å². The first-order valence-electron chi connectivity index (χ1n) is 16.2.